The molecule has 0 atom stereocenters. The van der Waals surface area contributed by atoms with E-state index in [-0.39, 0.29) is 0 Å². The Kier molecular flexibility index (Phi) is 11.4. The molecular weight excluding hydrogens is 172 g/mol. The van der Waals surface area contributed by atoms with Gasteiger partial charge in [0.25, 0.3) is 0 Å². The molecule has 0 radical (unpaired) electrons. The summed E-state index contributed by atoms with van der Waals surface area (Å²) in [6.45, 7) is 2.24. The van der Waals surface area contributed by atoms with Crippen LogP contribution in [0.25, 0.3) is 0 Å². The van der Waals surface area contributed by atoms with E-state index in [1.807, 2.05) is 6.08 Å². The summed E-state index contributed by atoms with van der Waals surface area (Å²) in [4.78, 5) is 9.92. The number of aldehydes is 1. The standard InChI is InChI=1S/C13H22O/c1-2-3-4-5-6-7-8-9-10-11-12-13-14/h9-13H,2-8H2,1H3/b10-9+,12-11+. The number of unbranched alkanes of at least 4 members (excludes halogenated alkanes) is 6. The second kappa shape index (κ2) is 12.2. The van der Waals surface area contributed by atoms with Crippen LogP contribution in [0.1, 0.15) is 51.9 Å². The first-order chi connectivity index (χ1) is 6.91. The summed E-state index contributed by atoms with van der Waals surface area (Å²) in [5, 5.41) is 0. The Morgan fingerprint density at radius 2 is 1.57 bits per heavy atom. The van der Waals surface area contributed by atoms with Crippen molar-refractivity contribution < 1.29 is 4.79 Å². The minimum Gasteiger partial charge on any atom is -0.299 e. The molecule has 0 rings (SSSR count). The molecular formula is C13H22O. The molecule has 0 aromatic carbocycles. The lowest BCUT2D eigenvalue weighted by Gasteiger charge is -1.97. The Balaban J connectivity index is 3.08. The molecule has 0 amide bonds. The van der Waals surface area contributed by atoms with Crippen molar-refractivity contribution in [3.8, 4) is 0 Å². The molecule has 0 saturated heterocycles. The average Bonchev–Trinajstić information content (AvgIpc) is 2.21. The molecule has 0 unspecified atom stereocenters. The zero-order valence-electron chi connectivity index (χ0n) is 9.24. The predicted molar refractivity (Wildman–Crippen MR) is 62.3 cm³/mol. The molecule has 80 valence electrons. The van der Waals surface area contributed by atoms with Crippen molar-refractivity contribution >= 4 is 6.29 Å². The Hall–Kier alpha value is -0.850. The van der Waals surface area contributed by atoms with Crippen molar-refractivity contribution in [2.45, 2.75) is 51.9 Å². The highest BCUT2D eigenvalue weighted by Gasteiger charge is 1.87. The Bertz CT molecular complexity index is 168. The van der Waals surface area contributed by atoms with Crippen molar-refractivity contribution in [3.05, 3.63) is 24.3 Å². The van der Waals surface area contributed by atoms with Crippen LogP contribution in [0.4, 0.5) is 0 Å². The predicted octanol–water partition coefficient (Wildman–Crippen LogP) is 4.05. The third-order valence-electron chi connectivity index (χ3n) is 2.16. The maximum Gasteiger partial charge on any atom is 0.142 e. The molecule has 0 fully saturated rings. The summed E-state index contributed by atoms with van der Waals surface area (Å²) in [6.07, 6.45) is 17.3. The number of allylic oxidation sites excluding steroid dienone is 4. The summed E-state index contributed by atoms with van der Waals surface area (Å²) in [5.74, 6) is 0. The molecule has 14 heavy (non-hydrogen) atoms. The molecule has 0 aliphatic heterocycles. The number of hydrogen-bond donors (Lipinski definition) is 0. The van der Waals surface area contributed by atoms with Crippen LogP contribution in [-0.2, 0) is 4.79 Å². The maximum absolute atomic E-state index is 9.92. The van der Waals surface area contributed by atoms with E-state index in [0.29, 0.717) is 0 Å². The Labute approximate surface area is 87.9 Å². The molecule has 1 heteroatoms. The first-order valence-electron chi connectivity index (χ1n) is 5.68. The van der Waals surface area contributed by atoms with Gasteiger partial charge in [0.1, 0.15) is 6.29 Å². The first kappa shape index (κ1) is 13.2. The van der Waals surface area contributed by atoms with Crippen LogP contribution < -0.4 is 0 Å². The number of carbonyl (C=O) groups excluding carboxylic acids is 1. The number of rotatable bonds is 9. The van der Waals surface area contributed by atoms with Crippen molar-refractivity contribution in [1.29, 1.82) is 0 Å². The normalized spacial score (nSPS) is 11.5. The summed E-state index contributed by atoms with van der Waals surface area (Å²) in [7, 11) is 0. The van der Waals surface area contributed by atoms with Gasteiger partial charge in [0.05, 0.1) is 0 Å². The summed E-state index contributed by atoms with van der Waals surface area (Å²) >= 11 is 0. The lowest BCUT2D eigenvalue weighted by molar-refractivity contribution is -0.104. The van der Waals surface area contributed by atoms with E-state index >= 15 is 0 Å². The van der Waals surface area contributed by atoms with Gasteiger partial charge in [-0.15, -0.1) is 0 Å². The highest BCUT2D eigenvalue weighted by Crippen LogP contribution is 2.06. The van der Waals surface area contributed by atoms with Crippen LogP contribution in [0.2, 0.25) is 0 Å². The zero-order chi connectivity index (χ0) is 10.5. The molecule has 0 spiro atoms. The van der Waals surface area contributed by atoms with Gasteiger partial charge in [-0.1, -0.05) is 57.3 Å². The molecule has 0 bridgehead atoms. The van der Waals surface area contributed by atoms with Crippen LogP contribution in [0, 0.1) is 0 Å². The summed E-state index contributed by atoms with van der Waals surface area (Å²) in [6, 6.07) is 0. The van der Waals surface area contributed by atoms with Crippen molar-refractivity contribution in [3.63, 3.8) is 0 Å². The van der Waals surface area contributed by atoms with Gasteiger partial charge in [-0.3, -0.25) is 4.79 Å². The van der Waals surface area contributed by atoms with Crippen molar-refractivity contribution in [2.24, 2.45) is 0 Å². The van der Waals surface area contributed by atoms with E-state index in [1.165, 1.54) is 44.6 Å². The van der Waals surface area contributed by atoms with E-state index in [0.717, 1.165) is 12.7 Å². The van der Waals surface area contributed by atoms with Gasteiger partial charge in [-0.05, 0) is 18.9 Å². The van der Waals surface area contributed by atoms with Crippen molar-refractivity contribution in [2.75, 3.05) is 0 Å². The average molecular weight is 194 g/mol. The van der Waals surface area contributed by atoms with E-state index in [1.54, 1.807) is 6.08 Å². The van der Waals surface area contributed by atoms with Gasteiger partial charge in [-0.2, -0.15) is 0 Å². The van der Waals surface area contributed by atoms with E-state index in [2.05, 4.69) is 13.0 Å². The molecule has 0 aliphatic carbocycles. The van der Waals surface area contributed by atoms with E-state index in [9.17, 15) is 4.79 Å². The number of carbonyl (C=O) groups is 1. The van der Waals surface area contributed by atoms with Crippen LogP contribution in [-0.4, -0.2) is 6.29 Å². The van der Waals surface area contributed by atoms with E-state index in [4.69, 9.17) is 0 Å². The van der Waals surface area contributed by atoms with Gasteiger partial charge >= 0.3 is 0 Å². The molecule has 0 aromatic rings. The van der Waals surface area contributed by atoms with Gasteiger partial charge in [0, 0.05) is 0 Å². The fourth-order valence-corrected chi connectivity index (χ4v) is 1.33. The second-order valence-corrected chi connectivity index (χ2v) is 3.51. The SMILES string of the molecule is CCCCCCCC/C=C/C=C/C=O. The van der Waals surface area contributed by atoms with Gasteiger partial charge in [0.2, 0.25) is 0 Å². The fraction of sp³-hybridized carbons (Fsp3) is 0.615. The van der Waals surface area contributed by atoms with Crippen LogP contribution in [0.15, 0.2) is 24.3 Å². The van der Waals surface area contributed by atoms with Crippen molar-refractivity contribution in [1.82, 2.24) is 0 Å². The minimum absolute atomic E-state index is 0.801. The highest BCUT2D eigenvalue weighted by molar-refractivity contribution is 5.65. The molecule has 0 N–H and O–H groups in total. The quantitative estimate of drug-likeness (QED) is 0.234. The molecule has 0 saturated carbocycles. The first-order valence-corrected chi connectivity index (χ1v) is 5.68. The zero-order valence-corrected chi connectivity index (χ0v) is 9.24. The molecule has 1 nitrogen and oxygen atoms in total. The van der Waals surface area contributed by atoms with E-state index < -0.39 is 0 Å². The second-order valence-electron chi connectivity index (χ2n) is 3.51. The van der Waals surface area contributed by atoms with Crippen LogP contribution >= 0.6 is 0 Å². The maximum atomic E-state index is 9.92. The largest absolute Gasteiger partial charge is 0.299 e. The smallest absolute Gasteiger partial charge is 0.142 e. The molecule has 0 aromatic heterocycles. The summed E-state index contributed by atoms with van der Waals surface area (Å²) < 4.78 is 0. The van der Waals surface area contributed by atoms with Crippen LogP contribution in [0.5, 0.6) is 0 Å². The highest BCUT2D eigenvalue weighted by atomic mass is 16.1. The summed E-state index contributed by atoms with van der Waals surface area (Å²) in [5.41, 5.74) is 0. The number of hydrogen-bond acceptors (Lipinski definition) is 1. The van der Waals surface area contributed by atoms with Gasteiger partial charge in [0.15, 0.2) is 0 Å². The lowest BCUT2D eigenvalue weighted by Crippen LogP contribution is -1.77. The Morgan fingerprint density at radius 3 is 2.29 bits per heavy atom. The van der Waals surface area contributed by atoms with Crippen LogP contribution in [0.3, 0.4) is 0 Å². The fourth-order valence-electron chi connectivity index (χ4n) is 1.33. The molecule has 0 aliphatic rings. The van der Waals surface area contributed by atoms with Gasteiger partial charge < -0.3 is 0 Å². The minimum atomic E-state index is 0.801. The third kappa shape index (κ3) is 11.2. The third-order valence-corrected chi connectivity index (χ3v) is 2.16. The lowest BCUT2D eigenvalue weighted by atomic mass is 10.1. The monoisotopic (exact) mass is 194 g/mol. The Morgan fingerprint density at radius 1 is 0.857 bits per heavy atom. The van der Waals surface area contributed by atoms with Gasteiger partial charge in [-0.25, -0.2) is 0 Å². The topological polar surface area (TPSA) is 17.1 Å². The molecule has 0 heterocycles.